The van der Waals surface area contributed by atoms with E-state index in [2.05, 4.69) is 25.1 Å². The van der Waals surface area contributed by atoms with Crippen LogP contribution in [0.5, 0.6) is 0 Å². The first-order valence-electron chi connectivity index (χ1n) is 8.84. The molecule has 6 N–H and O–H groups in total. The van der Waals surface area contributed by atoms with Crippen LogP contribution in [0.25, 0.3) is 23.0 Å². The lowest BCUT2D eigenvalue weighted by molar-refractivity contribution is 0.135. The zero-order valence-corrected chi connectivity index (χ0v) is 17.1. The minimum absolute atomic E-state index is 0.263. The number of carboxylic acid groups (broad SMARTS) is 4. The standard InChI is InChI=1S/C12H9N5O.C6H4N2.2CH2O3/c13-10-9(14-6-7-15-10)12-17-16-11(18-12)8-4-2-1-3-5-8;7-5-6-1-3-8-4-2-6;2*2-1(3)4/h1-7H,(H2,13,15);1-4H;2*(H2,2,3,4). The van der Waals surface area contributed by atoms with Gasteiger partial charge in [-0.3, -0.25) is 4.98 Å². The van der Waals surface area contributed by atoms with Crippen molar-refractivity contribution in [2.75, 3.05) is 5.73 Å². The highest BCUT2D eigenvalue weighted by atomic mass is 16.6. The second-order valence-corrected chi connectivity index (χ2v) is 5.48. The van der Waals surface area contributed by atoms with Gasteiger partial charge in [0.05, 0.1) is 11.6 Å². The third-order valence-electron chi connectivity index (χ3n) is 3.18. The first-order chi connectivity index (χ1) is 16.2. The summed E-state index contributed by atoms with van der Waals surface area (Å²) in [7, 11) is 0. The van der Waals surface area contributed by atoms with Crippen molar-refractivity contribution in [3.8, 4) is 29.1 Å². The van der Waals surface area contributed by atoms with Crippen molar-refractivity contribution in [1.82, 2.24) is 25.1 Å². The van der Waals surface area contributed by atoms with Crippen LogP contribution in [0, 0.1) is 11.3 Å². The van der Waals surface area contributed by atoms with Crippen LogP contribution in [0.1, 0.15) is 5.56 Å². The summed E-state index contributed by atoms with van der Waals surface area (Å²) < 4.78 is 5.53. The number of aromatic nitrogens is 5. The van der Waals surface area contributed by atoms with E-state index in [9.17, 15) is 0 Å². The number of nitrogen functional groups attached to an aromatic ring is 1. The number of nitrogens with two attached hydrogens (primary N) is 1. The molecule has 0 spiro atoms. The molecular weight excluding hydrogens is 450 g/mol. The number of hydrogen-bond acceptors (Lipinski definition) is 10. The van der Waals surface area contributed by atoms with E-state index in [0.29, 0.717) is 17.1 Å². The van der Waals surface area contributed by atoms with Crippen molar-refractivity contribution < 1.29 is 34.4 Å². The van der Waals surface area contributed by atoms with E-state index >= 15 is 0 Å². The summed E-state index contributed by atoms with van der Waals surface area (Å²) in [4.78, 5) is 28.9. The van der Waals surface area contributed by atoms with Crippen LogP contribution in [0.4, 0.5) is 15.4 Å². The topological polar surface area (TPSA) is 242 Å². The average molecular weight is 467 g/mol. The highest BCUT2D eigenvalue weighted by Gasteiger charge is 2.14. The fourth-order valence-electron chi connectivity index (χ4n) is 1.96. The van der Waals surface area contributed by atoms with Crippen molar-refractivity contribution in [2.45, 2.75) is 0 Å². The summed E-state index contributed by atoms with van der Waals surface area (Å²) in [5.74, 6) is 0.955. The number of nitrogens with zero attached hydrogens (tertiary/aromatic N) is 6. The average Bonchev–Trinajstić information content (AvgIpc) is 3.30. The van der Waals surface area contributed by atoms with Gasteiger partial charge >= 0.3 is 12.3 Å². The molecule has 3 heterocycles. The van der Waals surface area contributed by atoms with Gasteiger partial charge in [0, 0.05) is 30.4 Å². The first kappa shape index (κ1) is 26.5. The Labute approximate surface area is 191 Å². The van der Waals surface area contributed by atoms with Gasteiger partial charge in [0.25, 0.3) is 5.89 Å². The Morgan fingerprint density at radius 3 is 1.85 bits per heavy atom. The van der Waals surface area contributed by atoms with Crippen LogP contribution < -0.4 is 5.73 Å². The van der Waals surface area contributed by atoms with Gasteiger partial charge in [0.1, 0.15) is 0 Å². The highest BCUT2D eigenvalue weighted by molar-refractivity contribution is 5.63. The Balaban J connectivity index is 0.000000299. The monoisotopic (exact) mass is 467 g/mol. The quantitative estimate of drug-likeness (QED) is 0.284. The van der Waals surface area contributed by atoms with Crippen LogP contribution in [-0.4, -0.2) is 57.9 Å². The number of hydrogen-bond donors (Lipinski definition) is 5. The Bertz CT molecular complexity index is 1190. The lowest BCUT2D eigenvalue weighted by Gasteiger charge is -1.96. The van der Waals surface area contributed by atoms with E-state index in [1.807, 2.05) is 36.4 Å². The molecule has 0 saturated carbocycles. The Hall–Kier alpha value is -5.58. The number of pyridine rings is 1. The summed E-state index contributed by atoms with van der Waals surface area (Å²) in [5.41, 5.74) is 7.59. The molecule has 0 bridgehead atoms. The van der Waals surface area contributed by atoms with Gasteiger partial charge in [-0.15, -0.1) is 10.2 Å². The smallest absolute Gasteiger partial charge is 0.450 e. The zero-order valence-electron chi connectivity index (χ0n) is 17.1. The van der Waals surface area contributed by atoms with Crippen molar-refractivity contribution in [3.63, 3.8) is 0 Å². The van der Waals surface area contributed by atoms with Crippen LogP contribution >= 0.6 is 0 Å². The van der Waals surface area contributed by atoms with Gasteiger partial charge in [-0.2, -0.15) is 5.26 Å². The zero-order chi connectivity index (χ0) is 25.3. The summed E-state index contributed by atoms with van der Waals surface area (Å²) >= 11 is 0. The van der Waals surface area contributed by atoms with Crippen molar-refractivity contribution >= 4 is 18.1 Å². The molecule has 0 aliphatic carbocycles. The fourth-order valence-corrected chi connectivity index (χ4v) is 1.96. The van der Waals surface area contributed by atoms with E-state index < -0.39 is 12.3 Å². The predicted octanol–water partition coefficient (Wildman–Crippen LogP) is 3.17. The van der Waals surface area contributed by atoms with E-state index in [1.165, 1.54) is 12.4 Å². The molecule has 0 unspecified atom stereocenters. The summed E-state index contributed by atoms with van der Waals surface area (Å²) in [6.45, 7) is 0. The Morgan fingerprint density at radius 1 is 0.824 bits per heavy atom. The van der Waals surface area contributed by atoms with E-state index in [1.54, 1.807) is 24.5 Å². The molecule has 0 saturated heterocycles. The maximum absolute atomic E-state index is 8.56. The van der Waals surface area contributed by atoms with E-state index in [-0.39, 0.29) is 11.7 Å². The minimum Gasteiger partial charge on any atom is -0.450 e. The van der Waals surface area contributed by atoms with Gasteiger partial charge in [-0.05, 0) is 24.3 Å². The van der Waals surface area contributed by atoms with Crippen LogP contribution in [0.15, 0.2) is 71.7 Å². The first-order valence-corrected chi connectivity index (χ1v) is 8.84. The fraction of sp³-hybridized carbons (Fsp3) is 0. The molecule has 0 aliphatic heterocycles. The molecule has 14 heteroatoms. The molecule has 4 aromatic rings. The number of carbonyl (C=O) groups is 2. The largest absolute Gasteiger partial charge is 0.503 e. The Morgan fingerprint density at radius 2 is 1.35 bits per heavy atom. The molecule has 0 aliphatic rings. The normalized spacial score (nSPS) is 8.79. The molecule has 34 heavy (non-hydrogen) atoms. The van der Waals surface area contributed by atoms with Crippen LogP contribution in [-0.2, 0) is 0 Å². The second-order valence-electron chi connectivity index (χ2n) is 5.48. The molecule has 0 atom stereocenters. The lowest BCUT2D eigenvalue weighted by Crippen LogP contribution is -1.95. The van der Waals surface area contributed by atoms with Crippen LogP contribution in [0.2, 0.25) is 0 Å². The predicted molar refractivity (Wildman–Crippen MR) is 115 cm³/mol. The molecule has 1 aromatic carbocycles. The number of rotatable bonds is 2. The SMILES string of the molecule is N#Cc1ccncc1.Nc1nccnc1-c1nnc(-c2ccccc2)o1.O=C(O)O.O=C(O)O. The summed E-state index contributed by atoms with van der Waals surface area (Å²) in [5, 5.41) is 44.0. The van der Waals surface area contributed by atoms with Gasteiger partial charge in [-0.1, -0.05) is 18.2 Å². The molecular formula is C20H17N7O7. The van der Waals surface area contributed by atoms with Gasteiger partial charge in [-0.25, -0.2) is 19.6 Å². The van der Waals surface area contributed by atoms with Crippen molar-refractivity contribution in [1.29, 1.82) is 5.26 Å². The lowest BCUT2D eigenvalue weighted by atomic mass is 10.2. The molecule has 3 aromatic heterocycles. The maximum atomic E-state index is 8.56. The molecule has 174 valence electrons. The van der Waals surface area contributed by atoms with E-state index in [4.69, 9.17) is 45.4 Å². The second kappa shape index (κ2) is 14.4. The highest BCUT2D eigenvalue weighted by Crippen LogP contribution is 2.24. The summed E-state index contributed by atoms with van der Waals surface area (Å²) in [6.07, 6.45) is 2.56. The van der Waals surface area contributed by atoms with Crippen molar-refractivity contribution in [2.24, 2.45) is 0 Å². The summed E-state index contributed by atoms with van der Waals surface area (Å²) in [6, 6.07) is 14.8. The van der Waals surface area contributed by atoms with Gasteiger partial charge in [0.15, 0.2) is 11.5 Å². The number of benzene rings is 1. The molecule has 14 nitrogen and oxygen atoms in total. The van der Waals surface area contributed by atoms with E-state index in [0.717, 1.165) is 5.56 Å². The van der Waals surface area contributed by atoms with Gasteiger partial charge < -0.3 is 30.6 Å². The Kier molecular flexibility index (Phi) is 11.2. The molecule has 0 fully saturated rings. The number of nitriles is 1. The maximum Gasteiger partial charge on any atom is 0.503 e. The van der Waals surface area contributed by atoms with Crippen LogP contribution in [0.3, 0.4) is 0 Å². The van der Waals surface area contributed by atoms with Gasteiger partial charge in [0.2, 0.25) is 5.89 Å². The minimum atomic E-state index is -1.83. The molecule has 4 rings (SSSR count). The number of anilines is 1. The molecule has 0 radical (unpaired) electrons. The third-order valence-corrected chi connectivity index (χ3v) is 3.18. The van der Waals surface area contributed by atoms with Crippen molar-refractivity contribution in [3.05, 3.63) is 72.8 Å². The third kappa shape index (κ3) is 10.4. The molecule has 0 amide bonds.